The Morgan fingerprint density at radius 3 is 2.93 bits per heavy atom. The van der Waals surface area contributed by atoms with E-state index in [9.17, 15) is 4.79 Å². The summed E-state index contributed by atoms with van der Waals surface area (Å²) < 4.78 is 5.24. The van der Waals surface area contributed by atoms with Gasteiger partial charge >= 0.3 is 5.97 Å². The van der Waals surface area contributed by atoms with Gasteiger partial charge in [0, 0.05) is 13.1 Å². The van der Waals surface area contributed by atoms with E-state index in [1.807, 2.05) is 0 Å². The molecule has 0 aliphatic carbocycles. The third kappa shape index (κ3) is 7.76. The van der Waals surface area contributed by atoms with Crippen LogP contribution in [-0.4, -0.2) is 37.4 Å². The first-order valence-corrected chi connectivity index (χ1v) is 4.80. The van der Waals surface area contributed by atoms with Crippen molar-refractivity contribution in [2.75, 3.05) is 26.3 Å². The minimum atomic E-state index is -0.773. The largest absolute Gasteiger partial charge is 0.481 e. The predicted octanol–water partition coefficient (Wildman–Crippen LogP) is 0.889. The van der Waals surface area contributed by atoms with Crippen LogP contribution in [-0.2, 0) is 9.53 Å². The van der Waals surface area contributed by atoms with E-state index in [-0.39, 0.29) is 5.92 Å². The molecule has 4 nitrogen and oxygen atoms in total. The molecule has 1 atom stereocenters. The molecule has 0 aliphatic heterocycles. The first kappa shape index (κ1) is 13.1. The van der Waals surface area contributed by atoms with Gasteiger partial charge in [-0.15, -0.1) is 6.58 Å². The number of ether oxygens (including phenoxy) is 1. The van der Waals surface area contributed by atoms with Crippen LogP contribution in [0.4, 0.5) is 0 Å². The average Bonchev–Trinajstić information content (AvgIpc) is 2.16. The molecular weight excluding hydrogens is 182 g/mol. The lowest BCUT2D eigenvalue weighted by atomic mass is 10.2. The molecule has 4 heteroatoms. The Morgan fingerprint density at radius 1 is 1.64 bits per heavy atom. The number of carboxylic acid groups (broad SMARTS) is 1. The maximum absolute atomic E-state index is 10.4. The molecule has 0 radical (unpaired) electrons. The molecule has 0 fully saturated rings. The van der Waals surface area contributed by atoms with E-state index < -0.39 is 5.97 Å². The molecule has 0 saturated carbocycles. The number of hydrogen-bond donors (Lipinski definition) is 2. The summed E-state index contributed by atoms with van der Waals surface area (Å²) in [6, 6.07) is 0. The van der Waals surface area contributed by atoms with E-state index in [4.69, 9.17) is 9.84 Å². The molecule has 0 aromatic heterocycles. The standard InChI is InChI=1S/C10H19NO3/c1-3-4-6-14-7-5-11-8-9(2)10(12)13/h3,9,11H,1,4-8H2,2H3,(H,12,13). The Balaban J connectivity index is 3.13. The summed E-state index contributed by atoms with van der Waals surface area (Å²) in [7, 11) is 0. The lowest BCUT2D eigenvalue weighted by molar-refractivity contribution is -0.140. The van der Waals surface area contributed by atoms with Gasteiger partial charge in [-0.2, -0.15) is 0 Å². The van der Waals surface area contributed by atoms with Crippen molar-refractivity contribution < 1.29 is 14.6 Å². The third-order valence-electron chi connectivity index (χ3n) is 1.76. The molecule has 82 valence electrons. The van der Waals surface area contributed by atoms with Crippen molar-refractivity contribution in [3.05, 3.63) is 12.7 Å². The maximum Gasteiger partial charge on any atom is 0.307 e. The quantitative estimate of drug-likeness (QED) is 0.429. The van der Waals surface area contributed by atoms with E-state index >= 15 is 0 Å². The van der Waals surface area contributed by atoms with Crippen LogP contribution in [0.2, 0.25) is 0 Å². The Labute approximate surface area is 85.0 Å². The summed E-state index contributed by atoms with van der Waals surface area (Å²) in [5.74, 6) is -1.12. The third-order valence-corrected chi connectivity index (χ3v) is 1.76. The second kappa shape index (κ2) is 8.72. The van der Waals surface area contributed by atoms with Crippen molar-refractivity contribution in [3.8, 4) is 0 Å². The van der Waals surface area contributed by atoms with Crippen molar-refractivity contribution >= 4 is 5.97 Å². The predicted molar refractivity (Wildman–Crippen MR) is 55.3 cm³/mol. The fraction of sp³-hybridized carbons (Fsp3) is 0.700. The van der Waals surface area contributed by atoms with Crippen LogP contribution >= 0.6 is 0 Å². The molecule has 0 aliphatic rings. The van der Waals surface area contributed by atoms with Crippen molar-refractivity contribution in [1.29, 1.82) is 0 Å². The van der Waals surface area contributed by atoms with E-state index in [0.29, 0.717) is 26.3 Å². The van der Waals surface area contributed by atoms with E-state index in [2.05, 4.69) is 11.9 Å². The second-order valence-corrected chi connectivity index (χ2v) is 3.13. The topological polar surface area (TPSA) is 58.6 Å². The number of carboxylic acids is 1. The molecule has 0 aromatic rings. The number of hydrogen-bond acceptors (Lipinski definition) is 3. The van der Waals surface area contributed by atoms with Crippen LogP contribution in [0, 0.1) is 5.92 Å². The monoisotopic (exact) mass is 201 g/mol. The second-order valence-electron chi connectivity index (χ2n) is 3.13. The summed E-state index contributed by atoms with van der Waals surface area (Å²) in [4.78, 5) is 10.4. The van der Waals surface area contributed by atoms with Gasteiger partial charge in [-0.1, -0.05) is 13.0 Å². The SMILES string of the molecule is C=CCCOCCNCC(C)C(=O)O. The number of rotatable bonds is 9. The summed E-state index contributed by atoms with van der Waals surface area (Å²) >= 11 is 0. The van der Waals surface area contributed by atoms with Gasteiger partial charge < -0.3 is 15.2 Å². The van der Waals surface area contributed by atoms with Gasteiger partial charge in [-0.25, -0.2) is 0 Å². The Morgan fingerprint density at radius 2 is 2.36 bits per heavy atom. The molecular formula is C10H19NO3. The molecule has 0 aromatic carbocycles. The van der Waals surface area contributed by atoms with Crippen LogP contribution in [0.15, 0.2) is 12.7 Å². The van der Waals surface area contributed by atoms with Crippen LogP contribution in [0.1, 0.15) is 13.3 Å². The van der Waals surface area contributed by atoms with E-state index in [0.717, 1.165) is 6.42 Å². The van der Waals surface area contributed by atoms with Gasteiger partial charge in [-0.05, 0) is 6.42 Å². The minimum absolute atomic E-state index is 0.344. The summed E-state index contributed by atoms with van der Waals surface area (Å²) in [6.45, 7) is 7.72. The van der Waals surface area contributed by atoms with Gasteiger partial charge in [0.15, 0.2) is 0 Å². The van der Waals surface area contributed by atoms with Gasteiger partial charge in [0.2, 0.25) is 0 Å². The molecule has 0 heterocycles. The fourth-order valence-electron chi connectivity index (χ4n) is 0.819. The van der Waals surface area contributed by atoms with Gasteiger partial charge in [-0.3, -0.25) is 4.79 Å². The van der Waals surface area contributed by atoms with Gasteiger partial charge in [0.25, 0.3) is 0 Å². The van der Waals surface area contributed by atoms with Crippen molar-refractivity contribution in [2.24, 2.45) is 5.92 Å². The Bertz CT molecular complexity index is 171. The summed E-state index contributed by atoms with van der Waals surface area (Å²) in [5.41, 5.74) is 0. The van der Waals surface area contributed by atoms with Crippen molar-refractivity contribution in [3.63, 3.8) is 0 Å². The lowest BCUT2D eigenvalue weighted by Crippen LogP contribution is -2.29. The molecule has 14 heavy (non-hydrogen) atoms. The molecule has 0 spiro atoms. The number of aliphatic carboxylic acids is 1. The highest BCUT2D eigenvalue weighted by Gasteiger charge is 2.08. The molecule has 0 saturated heterocycles. The highest BCUT2D eigenvalue weighted by molar-refractivity contribution is 5.69. The smallest absolute Gasteiger partial charge is 0.307 e. The zero-order chi connectivity index (χ0) is 10.8. The van der Waals surface area contributed by atoms with Crippen molar-refractivity contribution in [1.82, 2.24) is 5.32 Å². The van der Waals surface area contributed by atoms with Crippen LogP contribution in [0.3, 0.4) is 0 Å². The zero-order valence-corrected chi connectivity index (χ0v) is 8.66. The van der Waals surface area contributed by atoms with E-state index in [1.54, 1.807) is 13.0 Å². The number of nitrogens with one attached hydrogen (secondary N) is 1. The zero-order valence-electron chi connectivity index (χ0n) is 8.66. The number of carbonyl (C=O) groups is 1. The summed E-state index contributed by atoms with van der Waals surface area (Å²) in [5, 5.41) is 11.6. The molecule has 2 N–H and O–H groups in total. The molecule has 0 bridgehead atoms. The first-order valence-electron chi connectivity index (χ1n) is 4.80. The van der Waals surface area contributed by atoms with Gasteiger partial charge in [0.1, 0.15) is 0 Å². The Kier molecular flexibility index (Phi) is 8.17. The van der Waals surface area contributed by atoms with Crippen molar-refractivity contribution in [2.45, 2.75) is 13.3 Å². The average molecular weight is 201 g/mol. The minimum Gasteiger partial charge on any atom is -0.481 e. The fourth-order valence-corrected chi connectivity index (χ4v) is 0.819. The highest BCUT2D eigenvalue weighted by atomic mass is 16.5. The normalized spacial score (nSPS) is 12.4. The molecule has 1 unspecified atom stereocenters. The van der Waals surface area contributed by atoms with Crippen LogP contribution in [0.25, 0.3) is 0 Å². The Hall–Kier alpha value is -0.870. The van der Waals surface area contributed by atoms with Crippen LogP contribution in [0.5, 0.6) is 0 Å². The lowest BCUT2D eigenvalue weighted by Gasteiger charge is -2.08. The molecule has 0 amide bonds. The summed E-state index contributed by atoms with van der Waals surface area (Å²) in [6.07, 6.45) is 2.66. The van der Waals surface area contributed by atoms with E-state index in [1.165, 1.54) is 0 Å². The van der Waals surface area contributed by atoms with Crippen LogP contribution < -0.4 is 5.32 Å². The maximum atomic E-state index is 10.4. The molecule has 0 rings (SSSR count). The first-order chi connectivity index (χ1) is 6.68. The van der Waals surface area contributed by atoms with Gasteiger partial charge in [0.05, 0.1) is 19.1 Å². The highest BCUT2D eigenvalue weighted by Crippen LogP contribution is 1.90.